The van der Waals surface area contributed by atoms with E-state index in [1.165, 1.54) is 24.8 Å². The van der Waals surface area contributed by atoms with Gasteiger partial charge in [0.1, 0.15) is 12.3 Å². The molecule has 6 nitrogen and oxygen atoms in total. The van der Waals surface area contributed by atoms with Crippen molar-refractivity contribution in [3.8, 4) is 5.75 Å². The fraction of sp³-hybridized carbons (Fsp3) is 0.296. The van der Waals surface area contributed by atoms with Crippen molar-refractivity contribution in [1.29, 1.82) is 0 Å². The number of rotatable bonds is 8. The van der Waals surface area contributed by atoms with Gasteiger partial charge >= 0.3 is 0 Å². The van der Waals surface area contributed by atoms with Crippen LogP contribution in [-0.2, 0) is 14.8 Å². The van der Waals surface area contributed by atoms with Crippen molar-refractivity contribution in [1.82, 2.24) is 5.32 Å². The Kier molecular flexibility index (Phi) is 7.67. The highest BCUT2D eigenvalue weighted by atomic mass is 32.2. The Bertz CT molecular complexity index is 1290. The minimum atomic E-state index is -4.03. The normalized spacial score (nSPS) is 12.2. The van der Waals surface area contributed by atoms with Crippen LogP contribution in [0.4, 0.5) is 5.69 Å². The van der Waals surface area contributed by atoms with E-state index < -0.39 is 15.9 Å². The number of anilines is 1. The highest BCUT2D eigenvalue weighted by Crippen LogP contribution is 2.33. The van der Waals surface area contributed by atoms with Gasteiger partial charge in [-0.15, -0.1) is 0 Å². The number of methoxy groups -OCH3 is 1. The topological polar surface area (TPSA) is 75.7 Å². The van der Waals surface area contributed by atoms with E-state index in [1.54, 1.807) is 30.3 Å². The van der Waals surface area contributed by atoms with Crippen molar-refractivity contribution in [3.05, 3.63) is 88.5 Å². The van der Waals surface area contributed by atoms with Crippen LogP contribution in [0.15, 0.2) is 65.6 Å². The number of benzene rings is 3. The van der Waals surface area contributed by atoms with Gasteiger partial charge in [-0.25, -0.2) is 8.42 Å². The van der Waals surface area contributed by atoms with Crippen LogP contribution in [0.25, 0.3) is 0 Å². The molecule has 0 unspecified atom stereocenters. The van der Waals surface area contributed by atoms with Gasteiger partial charge in [0.15, 0.2) is 0 Å². The number of hydrogen-bond donors (Lipinski definition) is 1. The van der Waals surface area contributed by atoms with Gasteiger partial charge in [-0.05, 0) is 86.7 Å². The average molecular weight is 481 g/mol. The Balaban J connectivity index is 1.97. The summed E-state index contributed by atoms with van der Waals surface area (Å²) in [7, 11) is -2.55. The highest BCUT2D eigenvalue weighted by molar-refractivity contribution is 7.92. The standard InChI is InChI=1S/C27H32N2O4S/c1-18-12-13-26(33-6)25(14-18)29(34(31,32)23-10-8-7-9-11-23)17-27(30)28-22(5)24-16-20(3)19(2)15-21(24)4/h7-16,22H,17H2,1-6H3,(H,28,30)/t22-/m1/s1. The second kappa shape index (κ2) is 10.3. The minimum Gasteiger partial charge on any atom is -0.495 e. The van der Waals surface area contributed by atoms with Gasteiger partial charge in [-0.1, -0.05) is 36.4 Å². The van der Waals surface area contributed by atoms with Crippen molar-refractivity contribution in [2.45, 2.75) is 45.6 Å². The predicted molar refractivity (Wildman–Crippen MR) is 136 cm³/mol. The molecule has 3 aromatic rings. The van der Waals surface area contributed by atoms with Gasteiger partial charge in [0.2, 0.25) is 5.91 Å². The van der Waals surface area contributed by atoms with Gasteiger partial charge < -0.3 is 10.1 Å². The van der Waals surface area contributed by atoms with E-state index in [1.807, 2.05) is 33.8 Å². The zero-order valence-electron chi connectivity index (χ0n) is 20.5. The third-order valence-electron chi connectivity index (χ3n) is 5.95. The van der Waals surface area contributed by atoms with Crippen molar-refractivity contribution < 1.29 is 17.9 Å². The molecule has 0 bridgehead atoms. The van der Waals surface area contributed by atoms with Crippen LogP contribution in [0.3, 0.4) is 0 Å². The number of carbonyl (C=O) groups excluding carboxylic acids is 1. The lowest BCUT2D eigenvalue weighted by atomic mass is 9.96. The molecule has 0 saturated carbocycles. The summed E-state index contributed by atoms with van der Waals surface area (Å²) in [6.45, 7) is 9.47. The number of nitrogens with one attached hydrogen (secondary N) is 1. The van der Waals surface area contributed by atoms with Crippen molar-refractivity contribution >= 4 is 21.6 Å². The summed E-state index contributed by atoms with van der Waals surface area (Å²) in [6.07, 6.45) is 0. The predicted octanol–water partition coefficient (Wildman–Crippen LogP) is 5.00. The zero-order chi connectivity index (χ0) is 25.0. The van der Waals surface area contributed by atoms with E-state index in [0.29, 0.717) is 11.4 Å². The molecule has 0 aliphatic heterocycles. The van der Waals surface area contributed by atoms with E-state index in [-0.39, 0.29) is 17.5 Å². The van der Waals surface area contributed by atoms with E-state index >= 15 is 0 Å². The summed E-state index contributed by atoms with van der Waals surface area (Å²) in [5, 5.41) is 2.97. The number of sulfonamides is 1. The number of carbonyl (C=O) groups is 1. The smallest absolute Gasteiger partial charge is 0.264 e. The molecular formula is C27H32N2O4S. The van der Waals surface area contributed by atoms with E-state index in [0.717, 1.165) is 26.6 Å². The Morgan fingerprint density at radius 1 is 0.941 bits per heavy atom. The van der Waals surface area contributed by atoms with Crippen LogP contribution in [-0.4, -0.2) is 28.0 Å². The first-order chi connectivity index (χ1) is 16.0. The summed E-state index contributed by atoms with van der Waals surface area (Å²) in [6, 6.07) is 17.2. The highest BCUT2D eigenvalue weighted by Gasteiger charge is 2.30. The lowest BCUT2D eigenvalue weighted by molar-refractivity contribution is -0.120. The molecule has 7 heteroatoms. The number of aryl methyl sites for hydroxylation is 4. The fourth-order valence-electron chi connectivity index (χ4n) is 3.96. The summed E-state index contributed by atoms with van der Waals surface area (Å²) in [5.41, 5.74) is 5.57. The Morgan fingerprint density at radius 2 is 1.59 bits per heavy atom. The monoisotopic (exact) mass is 480 g/mol. The van der Waals surface area contributed by atoms with Crippen LogP contribution in [0.5, 0.6) is 5.75 Å². The molecule has 0 spiro atoms. The van der Waals surface area contributed by atoms with Gasteiger partial charge in [-0.2, -0.15) is 0 Å². The Hall–Kier alpha value is -3.32. The van der Waals surface area contributed by atoms with Gasteiger partial charge in [-0.3, -0.25) is 9.10 Å². The number of hydrogen-bond acceptors (Lipinski definition) is 4. The summed E-state index contributed by atoms with van der Waals surface area (Å²) in [5.74, 6) is -0.0378. The molecule has 3 rings (SSSR count). The second-order valence-corrected chi connectivity index (χ2v) is 10.4. The molecule has 180 valence electrons. The maximum atomic E-state index is 13.6. The van der Waals surface area contributed by atoms with Gasteiger partial charge in [0.05, 0.1) is 23.7 Å². The third-order valence-corrected chi connectivity index (χ3v) is 7.72. The first-order valence-corrected chi connectivity index (χ1v) is 12.6. The first kappa shape index (κ1) is 25.3. The molecule has 1 N–H and O–H groups in total. The number of ether oxygens (including phenoxy) is 1. The Labute approximate surface area is 202 Å². The lowest BCUT2D eigenvalue weighted by Crippen LogP contribution is -2.41. The maximum Gasteiger partial charge on any atom is 0.264 e. The number of nitrogens with zero attached hydrogens (tertiary/aromatic N) is 1. The molecule has 0 saturated heterocycles. The molecule has 0 aromatic heterocycles. The summed E-state index contributed by atoms with van der Waals surface area (Å²) < 4.78 is 33.8. The van der Waals surface area contributed by atoms with Crippen LogP contribution < -0.4 is 14.4 Å². The third kappa shape index (κ3) is 5.42. The largest absolute Gasteiger partial charge is 0.495 e. The molecule has 0 heterocycles. The quantitative estimate of drug-likeness (QED) is 0.492. The zero-order valence-corrected chi connectivity index (χ0v) is 21.4. The summed E-state index contributed by atoms with van der Waals surface area (Å²) >= 11 is 0. The minimum absolute atomic E-state index is 0.101. The molecule has 0 aliphatic rings. The maximum absolute atomic E-state index is 13.6. The van der Waals surface area contributed by atoms with Crippen LogP contribution in [0, 0.1) is 27.7 Å². The van der Waals surface area contributed by atoms with Crippen molar-refractivity contribution in [2.24, 2.45) is 0 Å². The van der Waals surface area contributed by atoms with Crippen LogP contribution in [0.1, 0.15) is 40.8 Å². The SMILES string of the molecule is COc1ccc(C)cc1N(CC(=O)N[C@H](C)c1cc(C)c(C)cc1C)S(=O)(=O)c1ccccc1. The lowest BCUT2D eigenvalue weighted by Gasteiger charge is -2.27. The van der Waals surface area contributed by atoms with Crippen LogP contribution in [0.2, 0.25) is 0 Å². The molecule has 34 heavy (non-hydrogen) atoms. The molecule has 0 aliphatic carbocycles. The molecule has 1 amide bonds. The van der Waals surface area contributed by atoms with Crippen molar-refractivity contribution in [2.75, 3.05) is 18.0 Å². The first-order valence-electron chi connectivity index (χ1n) is 11.1. The summed E-state index contributed by atoms with van der Waals surface area (Å²) in [4.78, 5) is 13.3. The van der Waals surface area contributed by atoms with E-state index in [9.17, 15) is 13.2 Å². The molecular weight excluding hydrogens is 448 g/mol. The molecule has 0 fully saturated rings. The molecule has 1 atom stereocenters. The van der Waals surface area contributed by atoms with Crippen LogP contribution >= 0.6 is 0 Å². The fourth-order valence-corrected chi connectivity index (χ4v) is 5.40. The van der Waals surface area contributed by atoms with Crippen molar-refractivity contribution in [3.63, 3.8) is 0 Å². The van der Waals surface area contributed by atoms with Gasteiger partial charge in [0, 0.05) is 0 Å². The van der Waals surface area contributed by atoms with E-state index in [2.05, 4.69) is 24.4 Å². The average Bonchev–Trinajstić information content (AvgIpc) is 2.80. The van der Waals surface area contributed by atoms with E-state index in [4.69, 9.17) is 4.74 Å². The second-order valence-electron chi connectivity index (χ2n) is 8.58. The Morgan fingerprint density at radius 3 is 2.24 bits per heavy atom. The number of amides is 1. The molecule has 0 radical (unpaired) electrons. The van der Waals surface area contributed by atoms with Gasteiger partial charge in [0.25, 0.3) is 10.0 Å². The molecule has 3 aromatic carbocycles.